The molecule has 0 unspecified atom stereocenters. The average molecular weight is 182 g/mol. The Morgan fingerprint density at radius 2 is 2.08 bits per heavy atom. The maximum absolute atomic E-state index is 5.80. The molecule has 1 aliphatic carbocycles. The Morgan fingerprint density at radius 1 is 1.31 bits per heavy atom. The molecule has 1 heterocycles. The van der Waals surface area contributed by atoms with Crippen LogP contribution in [0.5, 0.6) is 0 Å². The Kier molecular flexibility index (Phi) is 2.98. The number of hydrogen-bond acceptors (Lipinski definition) is 3. The van der Waals surface area contributed by atoms with Crippen molar-refractivity contribution in [3.05, 3.63) is 12.2 Å². The van der Waals surface area contributed by atoms with E-state index in [0.717, 1.165) is 39.3 Å². The highest BCUT2D eigenvalue weighted by Crippen LogP contribution is 2.17. The summed E-state index contributed by atoms with van der Waals surface area (Å²) in [7, 11) is 0. The molecule has 1 fully saturated rings. The van der Waals surface area contributed by atoms with Crippen molar-refractivity contribution in [2.24, 2.45) is 11.7 Å². The molecule has 0 bridgehead atoms. The SMILES string of the molecule is N[C@@H]1C=C[C@H](CN2CCOCC2)C1. The quantitative estimate of drug-likeness (QED) is 0.621. The molecule has 0 radical (unpaired) electrons. The lowest BCUT2D eigenvalue weighted by atomic mass is 10.1. The van der Waals surface area contributed by atoms with E-state index in [1.54, 1.807) is 0 Å². The molecule has 74 valence electrons. The minimum absolute atomic E-state index is 0.297. The van der Waals surface area contributed by atoms with Crippen LogP contribution >= 0.6 is 0 Å². The highest BCUT2D eigenvalue weighted by molar-refractivity contribution is 5.05. The largest absolute Gasteiger partial charge is 0.379 e. The predicted octanol–water partition coefficient (Wildman–Crippen LogP) is 0.222. The van der Waals surface area contributed by atoms with Gasteiger partial charge in [-0.3, -0.25) is 4.90 Å². The normalized spacial score (nSPS) is 35.5. The maximum atomic E-state index is 5.80. The fourth-order valence-electron chi connectivity index (χ4n) is 2.06. The smallest absolute Gasteiger partial charge is 0.0594 e. The summed E-state index contributed by atoms with van der Waals surface area (Å²) in [6.07, 6.45) is 5.52. The topological polar surface area (TPSA) is 38.5 Å². The van der Waals surface area contributed by atoms with Gasteiger partial charge in [-0.15, -0.1) is 0 Å². The van der Waals surface area contributed by atoms with E-state index in [0.29, 0.717) is 12.0 Å². The number of nitrogens with zero attached hydrogens (tertiary/aromatic N) is 1. The lowest BCUT2D eigenvalue weighted by molar-refractivity contribution is 0.0333. The number of rotatable bonds is 2. The summed E-state index contributed by atoms with van der Waals surface area (Å²) in [5.41, 5.74) is 5.80. The van der Waals surface area contributed by atoms with Crippen LogP contribution in [-0.4, -0.2) is 43.8 Å². The third-order valence-electron chi connectivity index (χ3n) is 2.80. The molecule has 0 aromatic carbocycles. The van der Waals surface area contributed by atoms with E-state index in [9.17, 15) is 0 Å². The first kappa shape index (κ1) is 9.19. The molecular formula is C10H18N2O. The summed E-state index contributed by atoms with van der Waals surface area (Å²) in [4.78, 5) is 2.47. The minimum Gasteiger partial charge on any atom is -0.379 e. The van der Waals surface area contributed by atoms with E-state index in [1.165, 1.54) is 0 Å². The standard InChI is InChI=1S/C10H18N2O/c11-10-2-1-9(7-10)8-12-3-5-13-6-4-12/h1-2,9-10H,3-8,11H2/t9-,10+/m0/s1. The summed E-state index contributed by atoms with van der Waals surface area (Å²) in [5, 5.41) is 0. The second-order valence-corrected chi connectivity index (χ2v) is 3.96. The van der Waals surface area contributed by atoms with Gasteiger partial charge in [-0.05, 0) is 12.3 Å². The molecule has 0 aromatic heterocycles. The number of hydrogen-bond donors (Lipinski definition) is 1. The van der Waals surface area contributed by atoms with Crippen molar-refractivity contribution in [2.75, 3.05) is 32.8 Å². The zero-order valence-corrected chi connectivity index (χ0v) is 7.98. The minimum atomic E-state index is 0.297. The van der Waals surface area contributed by atoms with Crippen LogP contribution in [0.15, 0.2) is 12.2 Å². The Balaban J connectivity index is 1.74. The summed E-state index contributed by atoms with van der Waals surface area (Å²) >= 11 is 0. The summed E-state index contributed by atoms with van der Waals surface area (Å²) in [5.74, 6) is 0.674. The van der Waals surface area contributed by atoms with Crippen molar-refractivity contribution in [2.45, 2.75) is 12.5 Å². The van der Waals surface area contributed by atoms with E-state index in [4.69, 9.17) is 10.5 Å². The molecule has 2 aliphatic rings. The van der Waals surface area contributed by atoms with Crippen LogP contribution in [0.2, 0.25) is 0 Å². The molecule has 0 amide bonds. The van der Waals surface area contributed by atoms with E-state index in [2.05, 4.69) is 17.1 Å². The van der Waals surface area contributed by atoms with E-state index < -0.39 is 0 Å². The third-order valence-corrected chi connectivity index (χ3v) is 2.80. The summed E-state index contributed by atoms with van der Waals surface area (Å²) in [6.45, 7) is 5.11. The fourth-order valence-corrected chi connectivity index (χ4v) is 2.06. The lowest BCUT2D eigenvalue weighted by Crippen LogP contribution is -2.39. The molecule has 1 saturated heterocycles. The van der Waals surface area contributed by atoms with Crippen LogP contribution in [-0.2, 0) is 4.74 Å². The Labute approximate surface area is 79.5 Å². The molecule has 0 aromatic rings. The monoisotopic (exact) mass is 182 g/mol. The average Bonchev–Trinajstić information content (AvgIpc) is 2.53. The molecular weight excluding hydrogens is 164 g/mol. The van der Waals surface area contributed by atoms with Gasteiger partial charge >= 0.3 is 0 Å². The van der Waals surface area contributed by atoms with Crippen LogP contribution in [0.3, 0.4) is 0 Å². The van der Waals surface area contributed by atoms with Crippen molar-refractivity contribution in [3.63, 3.8) is 0 Å². The predicted molar refractivity (Wildman–Crippen MR) is 52.5 cm³/mol. The van der Waals surface area contributed by atoms with E-state index in [1.807, 2.05) is 0 Å². The molecule has 3 nitrogen and oxygen atoms in total. The Morgan fingerprint density at radius 3 is 2.69 bits per heavy atom. The first-order valence-electron chi connectivity index (χ1n) is 5.08. The second kappa shape index (κ2) is 4.22. The molecule has 1 aliphatic heterocycles. The van der Waals surface area contributed by atoms with E-state index >= 15 is 0 Å². The fraction of sp³-hybridized carbons (Fsp3) is 0.800. The molecule has 13 heavy (non-hydrogen) atoms. The molecule has 0 spiro atoms. The van der Waals surface area contributed by atoms with Crippen LogP contribution < -0.4 is 5.73 Å². The van der Waals surface area contributed by atoms with Gasteiger partial charge in [-0.25, -0.2) is 0 Å². The number of ether oxygens (including phenoxy) is 1. The second-order valence-electron chi connectivity index (χ2n) is 3.96. The van der Waals surface area contributed by atoms with Crippen LogP contribution in [0.4, 0.5) is 0 Å². The van der Waals surface area contributed by atoms with Gasteiger partial charge in [0.15, 0.2) is 0 Å². The van der Waals surface area contributed by atoms with Gasteiger partial charge in [-0.1, -0.05) is 12.2 Å². The molecule has 2 rings (SSSR count). The van der Waals surface area contributed by atoms with Gasteiger partial charge in [0.1, 0.15) is 0 Å². The van der Waals surface area contributed by atoms with Gasteiger partial charge in [0.25, 0.3) is 0 Å². The third kappa shape index (κ3) is 2.53. The van der Waals surface area contributed by atoms with Gasteiger partial charge in [0, 0.05) is 25.7 Å². The first-order valence-corrected chi connectivity index (χ1v) is 5.08. The van der Waals surface area contributed by atoms with Crippen molar-refractivity contribution >= 4 is 0 Å². The van der Waals surface area contributed by atoms with Crippen molar-refractivity contribution in [1.82, 2.24) is 4.90 Å². The van der Waals surface area contributed by atoms with E-state index in [-0.39, 0.29) is 0 Å². The van der Waals surface area contributed by atoms with Crippen molar-refractivity contribution in [3.8, 4) is 0 Å². The molecule has 0 saturated carbocycles. The summed E-state index contributed by atoms with van der Waals surface area (Å²) in [6, 6.07) is 0.297. The van der Waals surface area contributed by atoms with Crippen molar-refractivity contribution < 1.29 is 4.74 Å². The van der Waals surface area contributed by atoms with Crippen LogP contribution in [0.1, 0.15) is 6.42 Å². The van der Waals surface area contributed by atoms with Gasteiger partial charge in [-0.2, -0.15) is 0 Å². The van der Waals surface area contributed by atoms with Gasteiger partial charge < -0.3 is 10.5 Å². The van der Waals surface area contributed by atoms with Crippen molar-refractivity contribution in [1.29, 1.82) is 0 Å². The lowest BCUT2D eigenvalue weighted by Gasteiger charge is -2.28. The number of nitrogens with two attached hydrogens (primary N) is 1. The molecule has 2 atom stereocenters. The van der Waals surface area contributed by atoms with Gasteiger partial charge in [0.05, 0.1) is 13.2 Å². The summed E-state index contributed by atoms with van der Waals surface area (Å²) < 4.78 is 5.30. The van der Waals surface area contributed by atoms with Crippen LogP contribution in [0, 0.1) is 5.92 Å². The number of morpholine rings is 1. The zero-order valence-electron chi connectivity index (χ0n) is 7.98. The molecule has 3 heteroatoms. The Hall–Kier alpha value is -0.380. The Bertz CT molecular complexity index is 187. The van der Waals surface area contributed by atoms with Crippen LogP contribution in [0.25, 0.3) is 0 Å². The highest BCUT2D eigenvalue weighted by atomic mass is 16.5. The zero-order chi connectivity index (χ0) is 9.10. The highest BCUT2D eigenvalue weighted by Gasteiger charge is 2.19. The first-order chi connectivity index (χ1) is 6.34. The maximum Gasteiger partial charge on any atom is 0.0594 e. The molecule has 2 N–H and O–H groups in total. The van der Waals surface area contributed by atoms with Gasteiger partial charge in [0.2, 0.25) is 0 Å².